The number of nitriles is 2. The van der Waals surface area contributed by atoms with Crippen molar-refractivity contribution in [2.24, 2.45) is 0 Å². The molecular formula is C28H25N5O4S. The summed E-state index contributed by atoms with van der Waals surface area (Å²) >= 11 is 1.29. The van der Waals surface area contributed by atoms with Gasteiger partial charge in [-0.2, -0.15) is 10.5 Å². The zero-order valence-corrected chi connectivity index (χ0v) is 21.6. The van der Waals surface area contributed by atoms with E-state index in [4.69, 9.17) is 20.0 Å². The predicted octanol–water partition coefficient (Wildman–Crippen LogP) is 4.37. The molecule has 0 aliphatic heterocycles. The van der Waals surface area contributed by atoms with E-state index >= 15 is 0 Å². The highest BCUT2D eigenvalue weighted by Gasteiger charge is 2.22. The number of aliphatic hydroxyl groups excluding tert-OH is 2. The Morgan fingerprint density at radius 2 is 1.66 bits per heavy atom. The number of anilines is 1. The fourth-order valence-corrected chi connectivity index (χ4v) is 4.67. The molecule has 4 N–H and O–H groups in total. The van der Waals surface area contributed by atoms with Gasteiger partial charge in [-0.15, -0.1) is 0 Å². The molecule has 2 aromatic carbocycles. The van der Waals surface area contributed by atoms with Crippen molar-refractivity contribution < 1.29 is 19.4 Å². The number of hydrogen-bond acceptors (Lipinski definition) is 10. The summed E-state index contributed by atoms with van der Waals surface area (Å²) in [4.78, 5) is 8.99. The Kier molecular flexibility index (Phi) is 8.29. The van der Waals surface area contributed by atoms with Crippen LogP contribution in [0.3, 0.4) is 0 Å². The molecule has 1 atom stereocenters. The van der Waals surface area contributed by atoms with Crippen LogP contribution >= 0.6 is 11.8 Å². The Morgan fingerprint density at radius 3 is 2.29 bits per heavy atom. The van der Waals surface area contributed by atoms with Crippen molar-refractivity contribution in [2.75, 3.05) is 18.9 Å². The highest BCUT2D eigenvalue weighted by Crippen LogP contribution is 2.37. The minimum absolute atomic E-state index is 0.0209. The molecule has 4 aromatic rings. The van der Waals surface area contributed by atoms with E-state index in [9.17, 15) is 15.6 Å². The van der Waals surface area contributed by atoms with Crippen molar-refractivity contribution in [3.05, 3.63) is 76.7 Å². The van der Waals surface area contributed by atoms with Crippen LogP contribution in [0.15, 0.2) is 58.0 Å². The van der Waals surface area contributed by atoms with Gasteiger partial charge in [0.1, 0.15) is 52.8 Å². The number of aryl methyl sites for hydroxylation is 2. The summed E-state index contributed by atoms with van der Waals surface area (Å²) in [6.45, 7) is 3.36. The molecule has 0 bridgehead atoms. The lowest BCUT2D eigenvalue weighted by Gasteiger charge is -2.14. The quantitative estimate of drug-likeness (QED) is 0.266. The molecule has 0 aliphatic carbocycles. The number of hydrogen-bond donors (Lipinski definition) is 3. The SMILES string of the molecule is Cc1ccc(-c2nc(CSc3nc(N)c(C#N)c(-c4ccc(OCC(O)CO)cc4)c3C#N)c(C)o2)cc1. The molecule has 0 aliphatic rings. The van der Waals surface area contributed by atoms with E-state index in [1.165, 1.54) is 11.8 Å². The summed E-state index contributed by atoms with van der Waals surface area (Å²) in [5.74, 6) is 2.04. The predicted molar refractivity (Wildman–Crippen MR) is 143 cm³/mol. The summed E-state index contributed by atoms with van der Waals surface area (Å²) in [6.07, 6.45) is -0.994. The van der Waals surface area contributed by atoms with Crippen LogP contribution in [0, 0.1) is 36.5 Å². The van der Waals surface area contributed by atoms with Gasteiger partial charge in [-0.3, -0.25) is 0 Å². The topological polar surface area (TPSA) is 162 Å². The van der Waals surface area contributed by atoms with Crippen molar-refractivity contribution in [1.29, 1.82) is 10.5 Å². The van der Waals surface area contributed by atoms with Gasteiger partial charge in [0, 0.05) is 16.9 Å². The fourth-order valence-electron chi connectivity index (χ4n) is 3.67. The van der Waals surface area contributed by atoms with Gasteiger partial charge in [0.15, 0.2) is 0 Å². The molecule has 0 saturated carbocycles. The van der Waals surface area contributed by atoms with E-state index in [1.54, 1.807) is 24.3 Å². The number of nitrogens with two attached hydrogens (primary N) is 1. The van der Waals surface area contributed by atoms with Crippen LogP contribution in [0.25, 0.3) is 22.6 Å². The second-order valence-corrected chi connectivity index (χ2v) is 9.46. The second-order valence-electron chi connectivity index (χ2n) is 8.50. The summed E-state index contributed by atoms with van der Waals surface area (Å²) in [5, 5.41) is 38.7. The summed E-state index contributed by atoms with van der Waals surface area (Å²) in [5.41, 5.74) is 10.2. The van der Waals surface area contributed by atoms with Crippen LogP contribution in [-0.2, 0) is 5.75 Å². The van der Waals surface area contributed by atoms with Gasteiger partial charge in [-0.1, -0.05) is 41.6 Å². The summed E-state index contributed by atoms with van der Waals surface area (Å²) in [7, 11) is 0. The van der Waals surface area contributed by atoms with Gasteiger partial charge in [-0.05, 0) is 43.7 Å². The fraction of sp³-hybridized carbons (Fsp3) is 0.214. The molecule has 4 rings (SSSR count). The van der Waals surface area contributed by atoms with Crippen LogP contribution in [0.5, 0.6) is 5.75 Å². The standard InChI is InChI=1S/C28H25N5O4S/c1-16-3-5-19(6-4-16)27-32-24(17(2)37-27)15-38-28-23(12-30)25(22(11-29)26(31)33-28)18-7-9-21(10-8-18)36-14-20(35)13-34/h3-10,20,34-35H,13-15H2,1-2H3,(H2,31,33). The maximum Gasteiger partial charge on any atom is 0.226 e. The van der Waals surface area contributed by atoms with Crippen LogP contribution in [0.4, 0.5) is 5.82 Å². The molecule has 0 saturated heterocycles. The first-order valence-corrected chi connectivity index (χ1v) is 12.6. The molecule has 2 aromatic heterocycles. The van der Waals surface area contributed by atoms with Gasteiger partial charge in [0.25, 0.3) is 0 Å². The number of rotatable bonds is 9. The Morgan fingerprint density at radius 1 is 1.00 bits per heavy atom. The van der Waals surface area contributed by atoms with E-state index in [0.717, 1.165) is 11.1 Å². The average Bonchev–Trinajstić information content (AvgIpc) is 3.30. The molecule has 0 fully saturated rings. The third kappa shape index (κ3) is 5.79. The lowest BCUT2D eigenvalue weighted by atomic mass is 9.97. The number of ether oxygens (including phenoxy) is 1. The van der Waals surface area contributed by atoms with Crippen LogP contribution in [0.2, 0.25) is 0 Å². The second kappa shape index (κ2) is 11.8. The van der Waals surface area contributed by atoms with Crippen molar-refractivity contribution in [3.63, 3.8) is 0 Å². The monoisotopic (exact) mass is 527 g/mol. The van der Waals surface area contributed by atoms with Crippen LogP contribution < -0.4 is 10.5 Å². The number of aliphatic hydroxyl groups is 2. The molecular weight excluding hydrogens is 502 g/mol. The third-order valence-corrected chi connectivity index (χ3v) is 6.74. The van der Waals surface area contributed by atoms with E-state index < -0.39 is 12.7 Å². The van der Waals surface area contributed by atoms with Crippen LogP contribution in [-0.4, -0.2) is 39.5 Å². The zero-order valence-electron chi connectivity index (χ0n) is 20.8. The lowest BCUT2D eigenvalue weighted by Crippen LogP contribution is -2.21. The molecule has 192 valence electrons. The Labute approximate surface area is 224 Å². The first-order chi connectivity index (χ1) is 18.3. The van der Waals surface area contributed by atoms with Crippen molar-refractivity contribution in [2.45, 2.75) is 30.7 Å². The number of pyridine rings is 1. The number of thioether (sulfide) groups is 1. The van der Waals surface area contributed by atoms with E-state index in [0.29, 0.717) is 45.0 Å². The first-order valence-electron chi connectivity index (χ1n) is 11.7. The van der Waals surface area contributed by atoms with Crippen LogP contribution in [0.1, 0.15) is 28.1 Å². The van der Waals surface area contributed by atoms with Gasteiger partial charge >= 0.3 is 0 Å². The van der Waals surface area contributed by atoms with E-state index in [-0.39, 0.29) is 23.6 Å². The van der Waals surface area contributed by atoms with Crippen molar-refractivity contribution in [1.82, 2.24) is 9.97 Å². The molecule has 9 nitrogen and oxygen atoms in total. The lowest BCUT2D eigenvalue weighted by molar-refractivity contribution is 0.0536. The summed E-state index contributed by atoms with van der Waals surface area (Å²) in [6, 6.07) is 18.8. The van der Waals surface area contributed by atoms with E-state index in [1.807, 2.05) is 38.1 Å². The normalized spacial score (nSPS) is 11.5. The van der Waals surface area contributed by atoms with Gasteiger partial charge in [-0.25, -0.2) is 9.97 Å². The maximum atomic E-state index is 10.1. The minimum Gasteiger partial charge on any atom is -0.491 e. The summed E-state index contributed by atoms with van der Waals surface area (Å²) < 4.78 is 11.3. The molecule has 0 spiro atoms. The molecule has 38 heavy (non-hydrogen) atoms. The molecule has 10 heteroatoms. The van der Waals surface area contributed by atoms with Crippen molar-refractivity contribution in [3.8, 4) is 40.5 Å². The van der Waals surface area contributed by atoms with E-state index in [2.05, 4.69) is 22.1 Å². The van der Waals surface area contributed by atoms with Gasteiger partial charge in [0.05, 0.1) is 17.9 Å². The highest BCUT2D eigenvalue weighted by molar-refractivity contribution is 7.98. The Bertz CT molecular complexity index is 1520. The minimum atomic E-state index is -0.994. The Hall–Kier alpha value is -4.35. The number of nitrogen functional groups attached to an aromatic ring is 1. The molecule has 0 amide bonds. The number of nitrogens with zero attached hydrogens (tertiary/aromatic N) is 4. The Balaban J connectivity index is 1.63. The van der Waals surface area contributed by atoms with Gasteiger partial charge in [0.2, 0.25) is 5.89 Å². The van der Waals surface area contributed by atoms with Gasteiger partial charge < -0.3 is 25.1 Å². The molecule has 0 radical (unpaired) electrons. The average molecular weight is 528 g/mol. The first kappa shape index (κ1) is 26.7. The highest BCUT2D eigenvalue weighted by atomic mass is 32.2. The number of aromatic nitrogens is 2. The van der Waals surface area contributed by atoms with Crippen molar-refractivity contribution >= 4 is 17.6 Å². The number of oxazole rings is 1. The number of benzene rings is 2. The maximum absolute atomic E-state index is 10.1. The smallest absolute Gasteiger partial charge is 0.226 e. The molecule has 2 heterocycles. The largest absolute Gasteiger partial charge is 0.491 e. The third-order valence-electron chi connectivity index (χ3n) is 5.75. The zero-order chi connectivity index (χ0) is 27.2. The molecule has 1 unspecified atom stereocenters.